The van der Waals surface area contributed by atoms with Gasteiger partial charge in [0, 0.05) is 44.0 Å². The molecule has 0 aliphatic carbocycles. The smallest absolute Gasteiger partial charge is 0.326 e. The molecule has 2 unspecified atom stereocenters. The molecule has 0 bridgehead atoms. The van der Waals surface area contributed by atoms with E-state index < -0.39 is 37.0 Å². The zero-order valence-corrected chi connectivity index (χ0v) is 20.1. The number of hydrogen-bond acceptors (Lipinski definition) is 5. The number of rotatable bonds is 13. The van der Waals surface area contributed by atoms with E-state index in [2.05, 4.69) is 10.3 Å². The molecule has 0 aliphatic heterocycles. The van der Waals surface area contributed by atoms with Gasteiger partial charge in [0.25, 0.3) is 0 Å². The highest BCUT2D eigenvalue weighted by Crippen LogP contribution is 2.23. The molecule has 0 radical (unpaired) electrons. The molecule has 0 aliphatic rings. The number of carboxylic acids is 1. The number of imidazole rings is 1. The molecule has 1 aromatic heterocycles. The van der Waals surface area contributed by atoms with Gasteiger partial charge >= 0.3 is 5.97 Å². The molecule has 178 valence electrons. The van der Waals surface area contributed by atoms with Gasteiger partial charge in [-0.1, -0.05) is 13.8 Å². The van der Waals surface area contributed by atoms with Crippen LogP contribution in [0.25, 0.3) is 11.0 Å². The van der Waals surface area contributed by atoms with Crippen LogP contribution in [0.4, 0.5) is 5.69 Å². The van der Waals surface area contributed by atoms with Crippen molar-refractivity contribution in [1.82, 2.24) is 14.9 Å². The first-order valence-electron chi connectivity index (χ1n) is 11.6. The Morgan fingerprint density at radius 1 is 1.31 bits per heavy atom. The van der Waals surface area contributed by atoms with Crippen LogP contribution in [-0.4, -0.2) is 63.4 Å². The topological polar surface area (TPSA) is 113 Å². The summed E-state index contributed by atoms with van der Waals surface area (Å²) in [4.78, 5) is 30.0. The van der Waals surface area contributed by atoms with Crippen LogP contribution in [0.3, 0.4) is 0 Å². The largest absolute Gasteiger partial charge is 0.480 e. The number of carbonyl (C=O) groups is 2. The van der Waals surface area contributed by atoms with E-state index in [1.54, 1.807) is 12.1 Å². The first-order valence-corrected chi connectivity index (χ1v) is 11.6. The van der Waals surface area contributed by atoms with E-state index in [4.69, 9.17) is 31.7 Å². The molecule has 0 fully saturated rings. The number of carbonyl (C=O) groups excluding carboxylic acids is 1. The highest BCUT2D eigenvalue weighted by Gasteiger charge is 2.24. The molecule has 0 spiro atoms. The number of nitrogens with two attached hydrogens (primary N) is 1. The second kappa shape index (κ2) is 12.3. The minimum Gasteiger partial charge on any atom is -0.480 e. The van der Waals surface area contributed by atoms with Gasteiger partial charge < -0.3 is 25.6 Å². The number of anilines is 1. The Morgan fingerprint density at radius 3 is 2.53 bits per heavy atom. The molecule has 1 heterocycles. The van der Waals surface area contributed by atoms with Gasteiger partial charge in [-0.2, -0.15) is 0 Å². The van der Waals surface area contributed by atoms with Crippen LogP contribution in [0.5, 0.6) is 0 Å². The molecule has 10 heteroatoms. The van der Waals surface area contributed by atoms with Crippen LogP contribution < -0.4 is 16.0 Å². The number of amides is 1. The summed E-state index contributed by atoms with van der Waals surface area (Å²) in [6.45, 7) is 2.12. The first kappa shape index (κ1) is 23.1. The number of nitrogens with zero attached hydrogens (tertiary/aromatic N) is 3. The monoisotopic (exact) mass is 487 g/mol. The minimum atomic E-state index is -1.08. The molecule has 1 aromatic carbocycles. The van der Waals surface area contributed by atoms with Gasteiger partial charge in [-0.15, -0.1) is 23.2 Å². The van der Waals surface area contributed by atoms with Gasteiger partial charge in [0.15, 0.2) is 0 Å². The van der Waals surface area contributed by atoms with Crippen molar-refractivity contribution in [3.63, 3.8) is 0 Å². The van der Waals surface area contributed by atoms with Crippen molar-refractivity contribution in [2.75, 3.05) is 29.7 Å². The molecule has 1 amide bonds. The Hall–Kier alpha value is -2.03. The van der Waals surface area contributed by atoms with Gasteiger partial charge in [-0.05, 0) is 37.0 Å². The van der Waals surface area contributed by atoms with Gasteiger partial charge in [-0.25, -0.2) is 9.78 Å². The van der Waals surface area contributed by atoms with Gasteiger partial charge in [0.2, 0.25) is 5.91 Å². The Balaban J connectivity index is 2.15. The van der Waals surface area contributed by atoms with Crippen molar-refractivity contribution in [2.24, 2.45) is 18.7 Å². The maximum atomic E-state index is 12.4. The number of aliphatic carboxylic acids is 1. The second-order valence-corrected chi connectivity index (χ2v) is 8.63. The Kier molecular flexibility index (Phi) is 8.88. The lowest BCUT2D eigenvalue weighted by Crippen LogP contribution is -2.49. The predicted octanol–water partition coefficient (Wildman–Crippen LogP) is 2.73. The van der Waals surface area contributed by atoms with Crippen molar-refractivity contribution >= 4 is 51.8 Å². The number of aromatic nitrogens is 2. The van der Waals surface area contributed by atoms with Crippen LogP contribution in [0, 0.1) is 5.92 Å². The van der Waals surface area contributed by atoms with Crippen molar-refractivity contribution in [3.05, 3.63) is 24.0 Å². The van der Waals surface area contributed by atoms with Crippen molar-refractivity contribution < 1.29 is 17.4 Å². The number of fused-ring (bicyclic) bond motifs is 1. The Labute approximate surface area is 201 Å². The summed E-state index contributed by atoms with van der Waals surface area (Å²) in [6.07, 6.45) is 1.02. The Morgan fingerprint density at radius 2 is 1.97 bits per heavy atom. The summed E-state index contributed by atoms with van der Waals surface area (Å²) in [7, 11) is 1.86. The summed E-state index contributed by atoms with van der Waals surface area (Å²) >= 11 is 11.7. The molecule has 8 nitrogen and oxygen atoms in total. The molecule has 4 N–H and O–H groups in total. The van der Waals surface area contributed by atoms with Crippen LogP contribution >= 0.6 is 23.2 Å². The quantitative estimate of drug-likeness (QED) is 0.374. The normalized spacial score (nSPS) is 16.2. The molecular weight excluding hydrogens is 453 g/mol. The summed E-state index contributed by atoms with van der Waals surface area (Å²) in [5.74, 6) is -0.714. The minimum absolute atomic E-state index is 0.0254. The van der Waals surface area contributed by atoms with E-state index in [0.717, 1.165) is 5.52 Å². The van der Waals surface area contributed by atoms with E-state index >= 15 is 0 Å². The fourth-order valence-corrected chi connectivity index (χ4v) is 3.74. The van der Waals surface area contributed by atoms with Crippen LogP contribution in [0.15, 0.2) is 18.2 Å². The number of aryl methyl sites for hydroxylation is 2. The molecule has 2 aromatic rings. The fourth-order valence-electron chi connectivity index (χ4n) is 3.44. The van der Waals surface area contributed by atoms with Gasteiger partial charge in [-0.3, -0.25) is 4.79 Å². The molecule has 2 rings (SSSR count). The predicted molar refractivity (Wildman–Crippen MR) is 130 cm³/mol. The summed E-state index contributed by atoms with van der Waals surface area (Å²) < 4.78 is 18.2. The standard InChI is InChI=1S/C22H33Cl2N5O3/c1-14(2)12-18(22(31)32)27-21(30)16(25)5-7-20-26-17-13-15(4-6-19(17)28(20)3)29(10-8-23)11-9-24/h4,6,13-14,16,18H,5,7-12,25H2,1-3H3,(H,27,30)(H,31,32)/t16-,18-/m0/s1/i10D,11D/t10?,11?,16-,18-. The molecule has 4 atom stereocenters. The first-order chi connectivity index (χ1) is 16.0. The highest BCUT2D eigenvalue weighted by atomic mass is 35.5. The SMILES string of the molecule is [2H]C(CCl)N(c1ccc2c(c1)nc(CC[C@H](N)C(=O)N[C@@H](CC(C)C)C(=O)O)n2C)C([2H])CCl. The zero-order valence-electron chi connectivity index (χ0n) is 20.6. The Bertz CT molecular complexity index is 981. The average molecular weight is 488 g/mol. The van der Waals surface area contributed by atoms with Crippen molar-refractivity contribution in [1.29, 1.82) is 0 Å². The number of hydrogen-bond donors (Lipinski definition) is 3. The third kappa shape index (κ3) is 6.98. The third-order valence-corrected chi connectivity index (χ3v) is 5.40. The lowest BCUT2D eigenvalue weighted by atomic mass is 10.0. The molecule has 0 saturated heterocycles. The molecule has 0 saturated carbocycles. The van der Waals surface area contributed by atoms with Crippen LogP contribution in [0.1, 0.15) is 35.3 Å². The highest BCUT2D eigenvalue weighted by molar-refractivity contribution is 6.18. The maximum Gasteiger partial charge on any atom is 0.326 e. The number of nitrogens with one attached hydrogen (secondary N) is 1. The van der Waals surface area contributed by atoms with E-state index in [1.807, 2.05) is 31.5 Å². The van der Waals surface area contributed by atoms with Crippen LogP contribution in [-0.2, 0) is 23.1 Å². The van der Waals surface area contributed by atoms with Crippen molar-refractivity contribution in [2.45, 2.75) is 45.2 Å². The van der Waals surface area contributed by atoms with E-state index in [0.29, 0.717) is 29.9 Å². The average Bonchev–Trinajstić information content (AvgIpc) is 3.11. The molecule has 32 heavy (non-hydrogen) atoms. The number of carboxylic acid groups (broad SMARTS) is 1. The third-order valence-electron chi connectivity index (χ3n) is 5.12. The lowest BCUT2D eigenvalue weighted by molar-refractivity contribution is -0.142. The van der Waals surface area contributed by atoms with E-state index in [1.165, 1.54) is 4.90 Å². The number of alkyl halides is 2. The maximum absolute atomic E-state index is 12.4. The zero-order chi connectivity index (χ0) is 25.6. The summed E-state index contributed by atoms with van der Waals surface area (Å²) in [5.41, 5.74) is 8.18. The summed E-state index contributed by atoms with van der Waals surface area (Å²) in [5, 5.41) is 11.9. The number of halogens is 2. The second-order valence-electron chi connectivity index (χ2n) is 8.02. The summed E-state index contributed by atoms with van der Waals surface area (Å²) in [6, 6.07) is 3.60. The van der Waals surface area contributed by atoms with Gasteiger partial charge in [0.05, 0.1) is 19.8 Å². The van der Waals surface area contributed by atoms with Crippen LogP contribution in [0.2, 0.25) is 0 Å². The lowest BCUT2D eigenvalue weighted by Gasteiger charge is -2.22. The fraction of sp³-hybridized carbons (Fsp3) is 0.591. The molecular formula is C22H33Cl2N5O3. The van der Waals surface area contributed by atoms with Crippen molar-refractivity contribution in [3.8, 4) is 0 Å². The van der Waals surface area contributed by atoms with E-state index in [9.17, 15) is 14.7 Å². The van der Waals surface area contributed by atoms with Gasteiger partial charge in [0.1, 0.15) is 11.9 Å². The number of benzene rings is 1. The van der Waals surface area contributed by atoms with E-state index in [-0.39, 0.29) is 24.1 Å².